The molecule has 166 valence electrons. The lowest BCUT2D eigenvalue weighted by atomic mass is 10.1. The minimum absolute atomic E-state index is 0.0315. The first kappa shape index (κ1) is 22.7. The fourth-order valence-corrected chi connectivity index (χ4v) is 4.28. The maximum atomic E-state index is 12.2. The van der Waals surface area contributed by atoms with Crippen LogP contribution in [0.2, 0.25) is 0 Å². The summed E-state index contributed by atoms with van der Waals surface area (Å²) in [5.74, 6) is 1.54. The van der Waals surface area contributed by atoms with Crippen molar-refractivity contribution < 1.29 is 27.9 Å². The minimum atomic E-state index is -3.34. The Kier molecular flexibility index (Phi) is 7.23. The van der Waals surface area contributed by atoms with Crippen molar-refractivity contribution in [2.75, 3.05) is 23.3 Å². The van der Waals surface area contributed by atoms with Gasteiger partial charge in [-0.15, -0.1) is 0 Å². The zero-order valence-electron chi connectivity index (χ0n) is 16.6. The number of nitrogens with zero attached hydrogens (tertiary/aromatic N) is 2. The van der Waals surface area contributed by atoms with Crippen molar-refractivity contribution in [2.24, 2.45) is 5.92 Å². The third-order valence-electron chi connectivity index (χ3n) is 4.32. The fraction of sp³-hybridized carbons (Fsp3) is 0.316. The van der Waals surface area contributed by atoms with Crippen LogP contribution < -0.4 is 14.2 Å². The summed E-state index contributed by atoms with van der Waals surface area (Å²) in [6.07, 6.45) is 2.01. The van der Waals surface area contributed by atoms with Gasteiger partial charge in [-0.25, -0.2) is 18.2 Å². The Morgan fingerprint density at radius 2 is 2.03 bits per heavy atom. The van der Waals surface area contributed by atoms with Crippen LogP contribution in [0.5, 0.6) is 11.6 Å². The summed E-state index contributed by atoms with van der Waals surface area (Å²) >= 11 is 1.08. The molecule has 1 atom stereocenters. The van der Waals surface area contributed by atoms with Crippen molar-refractivity contribution in [1.82, 2.24) is 14.6 Å². The smallest absolute Gasteiger partial charge is 0.414 e. The number of likely N-dealkylation sites (tertiary alicyclic amines) is 1. The van der Waals surface area contributed by atoms with Crippen LogP contribution in [0.15, 0.2) is 42.6 Å². The third kappa shape index (κ3) is 7.33. The number of amides is 2. The summed E-state index contributed by atoms with van der Waals surface area (Å²) < 4.78 is 32.8. The average molecular weight is 467 g/mol. The second-order valence-electron chi connectivity index (χ2n) is 7.07. The van der Waals surface area contributed by atoms with Crippen LogP contribution in [0.3, 0.4) is 0 Å². The summed E-state index contributed by atoms with van der Waals surface area (Å²) in [6, 6.07) is 9.95. The van der Waals surface area contributed by atoms with Gasteiger partial charge in [-0.3, -0.25) is 14.2 Å². The van der Waals surface area contributed by atoms with Gasteiger partial charge in [-0.05, 0) is 47.7 Å². The molecular weight excluding hydrogens is 444 g/mol. The normalized spacial score (nSPS) is 16.2. The summed E-state index contributed by atoms with van der Waals surface area (Å²) in [5.41, 5.74) is 1.29. The Bertz CT molecular complexity index is 1030. The van der Waals surface area contributed by atoms with Gasteiger partial charge in [0.2, 0.25) is 21.8 Å². The first-order valence-electron chi connectivity index (χ1n) is 9.27. The molecule has 1 aromatic carbocycles. The predicted octanol–water partition coefficient (Wildman–Crippen LogP) is 2.51. The molecule has 2 amide bonds. The number of carboxylic acid groups (broad SMARTS) is 1. The number of aromatic nitrogens is 1. The summed E-state index contributed by atoms with van der Waals surface area (Å²) in [4.78, 5) is 28.7. The van der Waals surface area contributed by atoms with Gasteiger partial charge in [-0.2, -0.15) is 0 Å². The Labute approximate surface area is 184 Å². The first-order chi connectivity index (χ1) is 14.7. The molecule has 0 aliphatic carbocycles. The van der Waals surface area contributed by atoms with Crippen LogP contribution in [0.25, 0.3) is 0 Å². The second kappa shape index (κ2) is 9.88. The number of pyridine rings is 1. The van der Waals surface area contributed by atoms with Gasteiger partial charge >= 0.3 is 6.09 Å². The van der Waals surface area contributed by atoms with Crippen LogP contribution in [0, 0.1) is 5.92 Å². The quantitative estimate of drug-likeness (QED) is 0.479. The molecule has 1 saturated heterocycles. The number of hydrogen-bond acceptors (Lipinski definition) is 7. The van der Waals surface area contributed by atoms with Gasteiger partial charge in [-0.1, -0.05) is 6.07 Å². The third-order valence-corrected chi connectivity index (χ3v) is 5.89. The van der Waals surface area contributed by atoms with Gasteiger partial charge in [0.15, 0.2) is 0 Å². The molecule has 0 spiro atoms. The molecule has 31 heavy (non-hydrogen) atoms. The zero-order chi connectivity index (χ0) is 22.4. The van der Waals surface area contributed by atoms with Crippen LogP contribution >= 0.6 is 11.9 Å². The molecule has 1 aromatic heterocycles. The standard InChI is InChI=1S/C19H22N4O6S2/c1-31(27,28)22-15-3-5-16(6-4-15)29-17-7-2-13(9-20-17)10-23-11-14(8-18(23)24)12-30-21-19(25)26/h2-7,9,14,21-22H,8,10-12H2,1H3,(H,25,26)/t14-/m1/s1. The predicted molar refractivity (Wildman–Crippen MR) is 116 cm³/mol. The number of anilines is 1. The molecule has 3 rings (SSSR count). The lowest BCUT2D eigenvalue weighted by Gasteiger charge is -2.16. The number of sulfonamides is 1. The average Bonchev–Trinajstić information content (AvgIpc) is 3.03. The van der Waals surface area contributed by atoms with Gasteiger partial charge in [0, 0.05) is 43.2 Å². The van der Waals surface area contributed by atoms with Crippen molar-refractivity contribution in [3.8, 4) is 11.6 Å². The summed E-state index contributed by atoms with van der Waals surface area (Å²) in [7, 11) is -3.34. The van der Waals surface area contributed by atoms with Gasteiger partial charge in [0.25, 0.3) is 0 Å². The van der Waals surface area contributed by atoms with Crippen LogP contribution in [0.4, 0.5) is 10.5 Å². The molecule has 1 aliphatic heterocycles. The van der Waals surface area contributed by atoms with E-state index in [-0.39, 0.29) is 11.8 Å². The number of benzene rings is 1. The van der Waals surface area contributed by atoms with Crippen LogP contribution in [0.1, 0.15) is 12.0 Å². The zero-order valence-corrected chi connectivity index (χ0v) is 18.3. The number of rotatable bonds is 9. The maximum absolute atomic E-state index is 12.2. The van der Waals surface area contributed by atoms with Crippen molar-refractivity contribution in [1.29, 1.82) is 0 Å². The Morgan fingerprint density at radius 3 is 2.65 bits per heavy atom. The largest absolute Gasteiger partial charge is 0.464 e. The van der Waals surface area contributed by atoms with E-state index in [2.05, 4.69) is 14.4 Å². The topological polar surface area (TPSA) is 138 Å². The van der Waals surface area contributed by atoms with Crippen molar-refractivity contribution in [2.45, 2.75) is 13.0 Å². The van der Waals surface area contributed by atoms with E-state index in [1.165, 1.54) is 0 Å². The Balaban J connectivity index is 1.51. The number of carbonyl (C=O) groups is 2. The van der Waals surface area contributed by atoms with E-state index < -0.39 is 16.1 Å². The minimum Gasteiger partial charge on any atom is -0.464 e. The van der Waals surface area contributed by atoms with E-state index in [9.17, 15) is 18.0 Å². The summed E-state index contributed by atoms with van der Waals surface area (Å²) in [5, 5.41) is 8.60. The lowest BCUT2D eigenvalue weighted by molar-refractivity contribution is -0.128. The van der Waals surface area contributed by atoms with Crippen molar-refractivity contribution >= 4 is 39.7 Å². The molecule has 2 aromatic rings. The molecule has 2 heterocycles. The molecule has 0 bridgehead atoms. The van der Waals surface area contributed by atoms with Gasteiger partial charge < -0.3 is 14.7 Å². The van der Waals surface area contributed by atoms with Crippen LogP contribution in [-0.4, -0.2) is 54.0 Å². The van der Waals surface area contributed by atoms with E-state index in [1.54, 1.807) is 41.4 Å². The molecule has 1 fully saturated rings. The Hall–Kier alpha value is -2.99. The SMILES string of the molecule is CS(=O)(=O)Nc1ccc(Oc2ccc(CN3C[C@H](CSNC(=O)O)CC3=O)cn2)cc1. The van der Waals surface area contributed by atoms with E-state index in [1.807, 2.05) is 6.07 Å². The number of ether oxygens (including phenoxy) is 1. The maximum Gasteiger partial charge on any atom is 0.414 e. The number of nitrogens with one attached hydrogen (secondary N) is 2. The molecule has 0 saturated carbocycles. The van der Waals surface area contributed by atoms with Crippen LogP contribution in [-0.2, 0) is 21.4 Å². The lowest BCUT2D eigenvalue weighted by Crippen LogP contribution is -2.25. The Morgan fingerprint density at radius 1 is 1.29 bits per heavy atom. The number of hydrogen-bond donors (Lipinski definition) is 3. The molecule has 10 nitrogen and oxygen atoms in total. The molecule has 12 heteroatoms. The van der Waals surface area contributed by atoms with E-state index >= 15 is 0 Å². The molecular formula is C19H22N4O6S2. The molecule has 1 aliphatic rings. The van der Waals surface area contributed by atoms with E-state index in [4.69, 9.17) is 9.84 Å². The first-order valence-corrected chi connectivity index (χ1v) is 12.1. The molecule has 3 N–H and O–H groups in total. The van der Waals surface area contributed by atoms with Gasteiger partial charge in [0.1, 0.15) is 5.75 Å². The van der Waals surface area contributed by atoms with Gasteiger partial charge in [0.05, 0.1) is 6.26 Å². The van der Waals surface area contributed by atoms with Crippen molar-refractivity contribution in [3.63, 3.8) is 0 Å². The molecule has 0 unspecified atom stereocenters. The highest BCUT2D eigenvalue weighted by atomic mass is 32.2. The second-order valence-corrected chi connectivity index (χ2v) is 9.64. The van der Waals surface area contributed by atoms with Crippen molar-refractivity contribution in [3.05, 3.63) is 48.2 Å². The fourth-order valence-electron chi connectivity index (χ4n) is 3.05. The van der Waals surface area contributed by atoms with E-state index in [0.29, 0.717) is 42.6 Å². The highest BCUT2D eigenvalue weighted by molar-refractivity contribution is 7.97. The highest BCUT2D eigenvalue weighted by Crippen LogP contribution is 2.25. The molecule has 0 radical (unpaired) electrons. The number of carbonyl (C=O) groups excluding carboxylic acids is 1. The summed E-state index contributed by atoms with van der Waals surface area (Å²) in [6.45, 7) is 0.991. The highest BCUT2D eigenvalue weighted by Gasteiger charge is 2.29. The monoisotopic (exact) mass is 466 g/mol. The van der Waals surface area contributed by atoms with E-state index in [0.717, 1.165) is 23.8 Å².